The summed E-state index contributed by atoms with van der Waals surface area (Å²) in [6.45, 7) is 11.3. The number of Topliss-reactive ketones (excluding diaryl/α,β-unsaturated/α-hetero) is 1. The highest BCUT2D eigenvalue weighted by Crippen LogP contribution is 2.64. The summed E-state index contributed by atoms with van der Waals surface area (Å²) >= 11 is 3.36. The Morgan fingerprint density at radius 1 is 1.14 bits per heavy atom. The lowest BCUT2D eigenvalue weighted by atomic mass is 9.95. The maximum Gasteiger partial charge on any atom is 0.248 e. The number of aromatic nitrogens is 5. The highest BCUT2D eigenvalue weighted by atomic mass is 79.9. The molecular weight excluding hydrogens is 716 g/mol. The van der Waals surface area contributed by atoms with Crippen molar-refractivity contribution in [3.63, 3.8) is 0 Å². The molecular formula is C37H41BrN8O5. The third-order valence-corrected chi connectivity index (χ3v) is 10.4. The van der Waals surface area contributed by atoms with E-state index in [1.165, 1.54) is 14.0 Å². The molecule has 4 heterocycles. The molecule has 3 amide bonds. The summed E-state index contributed by atoms with van der Waals surface area (Å²) in [5, 5.41) is 11.2. The zero-order valence-corrected chi connectivity index (χ0v) is 30.9. The number of anilines is 1. The first-order valence-corrected chi connectivity index (χ1v) is 17.7. The number of ether oxygens (including phenoxy) is 1. The minimum absolute atomic E-state index is 0.0364. The van der Waals surface area contributed by atoms with Crippen molar-refractivity contribution in [2.75, 3.05) is 19.0 Å². The number of rotatable bonds is 13. The average Bonchev–Trinajstić information content (AvgIpc) is 3.35. The van der Waals surface area contributed by atoms with Gasteiger partial charge in [-0.3, -0.25) is 23.9 Å². The van der Waals surface area contributed by atoms with E-state index in [0.29, 0.717) is 59.3 Å². The zero-order valence-electron chi connectivity index (χ0n) is 29.3. The van der Waals surface area contributed by atoms with Crippen LogP contribution in [0.3, 0.4) is 0 Å². The van der Waals surface area contributed by atoms with Gasteiger partial charge in [0.15, 0.2) is 5.78 Å². The van der Waals surface area contributed by atoms with E-state index in [1.807, 2.05) is 32.9 Å². The molecule has 0 bridgehead atoms. The van der Waals surface area contributed by atoms with Crippen molar-refractivity contribution in [2.45, 2.75) is 72.0 Å². The molecule has 1 aromatic carbocycles. The molecule has 0 spiro atoms. The second kappa shape index (κ2) is 14.3. The third-order valence-electron chi connectivity index (χ3n) is 10.0. The van der Waals surface area contributed by atoms with E-state index in [-0.39, 0.29) is 47.6 Å². The lowest BCUT2D eigenvalue weighted by Gasteiger charge is -2.28. The molecule has 266 valence electrons. The number of methoxy groups -OCH3 is 1. The molecule has 13 nitrogen and oxygen atoms in total. The van der Waals surface area contributed by atoms with Crippen LogP contribution < -0.4 is 15.4 Å². The number of likely N-dealkylation sites (tertiary alicyclic amines) is 1. The molecule has 6 rings (SSSR count). The number of carbonyl (C=O) groups is 4. The molecule has 2 aliphatic rings. The Bertz CT molecular complexity index is 2050. The Labute approximate surface area is 304 Å². The summed E-state index contributed by atoms with van der Waals surface area (Å²) in [4.78, 5) is 68.7. The fraction of sp³-hybridized carbons (Fsp3) is 0.405. The van der Waals surface area contributed by atoms with Crippen LogP contribution >= 0.6 is 15.9 Å². The third kappa shape index (κ3) is 6.88. The van der Waals surface area contributed by atoms with E-state index in [0.717, 1.165) is 16.7 Å². The summed E-state index contributed by atoms with van der Waals surface area (Å²) < 4.78 is 7.38. The van der Waals surface area contributed by atoms with Crippen molar-refractivity contribution in [3.8, 4) is 16.9 Å². The van der Waals surface area contributed by atoms with E-state index in [4.69, 9.17) is 4.74 Å². The van der Waals surface area contributed by atoms with Gasteiger partial charge in [0.05, 0.1) is 12.6 Å². The number of amides is 3. The highest BCUT2D eigenvalue weighted by Gasteiger charge is 2.72. The van der Waals surface area contributed by atoms with Crippen molar-refractivity contribution >= 4 is 56.2 Å². The number of fused-ring (bicyclic) bond motifs is 2. The molecule has 14 heteroatoms. The molecule has 1 aliphatic carbocycles. The molecule has 4 atom stereocenters. The van der Waals surface area contributed by atoms with E-state index < -0.39 is 17.4 Å². The first-order valence-electron chi connectivity index (χ1n) is 16.9. The fourth-order valence-corrected chi connectivity index (χ4v) is 7.90. The monoisotopic (exact) mass is 756 g/mol. The van der Waals surface area contributed by atoms with E-state index in [2.05, 4.69) is 53.2 Å². The number of pyridine rings is 1. The average molecular weight is 758 g/mol. The predicted octanol–water partition coefficient (Wildman–Crippen LogP) is 5.06. The Morgan fingerprint density at radius 3 is 2.55 bits per heavy atom. The molecule has 1 aliphatic heterocycles. The highest BCUT2D eigenvalue weighted by molar-refractivity contribution is 9.10. The van der Waals surface area contributed by atoms with Gasteiger partial charge in [-0.2, -0.15) is 5.10 Å². The van der Waals surface area contributed by atoms with Gasteiger partial charge in [0, 0.05) is 66.8 Å². The smallest absolute Gasteiger partial charge is 0.248 e. The van der Waals surface area contributed by atoms with Crippen LogP contribution in [0.4, 0.5) is 5.82 Å². The number of ketones is 1. The second-order valence-electron chi connectivity index (χ2n) is 13.3. The Hall–Kier alpha value is -4.98. The number of hydrogen-bond acceptors (Lipinski definition) is 9. The minimum atomic E-state index is -0.844. The van der Waals surface area contributed by atoms with Crippen LogP contribution in [0.1, 0.15) is 61.9 Å². The van der Waals surface area contributed by atoms with Crippen LogP contribution in [0.25, 0.3) is 22.0 Å². The van der Waals surface area contributed by atoms with Crippen molar-refractivity contribution in [1.29, 1.82) is 0 Å². The Morgan fingerprint density at radius 2 is 1.88 bits per heavy atom. The number of nitrogens with zero attached hydrogens (tertiary/aromatic N) is 6. The Balaban J connectivity index is 1.37. The van der Waals surface area contributed by atoms with Gasteiger partial charge in [-0.25, -0.2) is 15.0 Å². The van der Waals surface area contributed by atoms with Crippen molar-refractivity contribution in [1.82, 2.24) is 34.9 Å². The normalized spacial score (nSPS) is 20.5. The molecule has 2 N–H and O–H groups in total. The molecule has 51 heavy (non-hydrogen) atoms. The molecule has 1 saturated heterocycles. The molecule has 1 unspecified atom stereocenters. The topological polar surface area (TPSA) is 161 Å². The molecule has 0 radical (unpaired) electrons. The van der Waals surface area contributed by atoms with E-state index >= 15 is 0 Å². The maximum atomic E-state index is 14.5. The van der Waals surface area contributed by atoms with Crippen LogP contribution in [0, 0.1) is 18.3 Å². The summed E-state index contributed by atoms with van der Waals surface area (Å²) in [6.07, 6.45) is 7.14. The van der Waals surface area contributed by atoms with Crippen LogP contribution in [-0.2, 0) is 27.3 Å². The van der Waals surface area contributed by atoms with Gasteiger partial charge >= 0.3 is 0 Å². The van der Waals surface area contributed by atoms with Crippen LogP contribution in [0.5, 0.6) is 5.75 Å². The summed E-state index contributed by atoms with van der Waals surface area (Å²) in [6, 6.07) is 5.99. The SMILES string of the molecule is C=CCc1cc(-c2cnc(C)nc2)cc2c(C(C)=O)nn(CC(=O)N3C4[C@H](C)[C@]4(CNC(=O)CCC)C[C@H]3C(=O)Nc3cc(OC)cc(Br)n3)c12. The van der Waals surface area contributed by atoms with Gasteiger partial charge in [-0.05, 0) is 71.3 Å². The number of nitrogens with one attached hydrogen (secondary N) is 2. The van der Waals surface area contributed by atoms with E-state index in [1.54, 1.807) is 40.2 Å². The number of allylic oxidation sites excluding steroid dienone is 1. The van der Waals surface area contributed by atoms with Gasteiger partial charge in [0.1, 0.15) is 40.3 Å². The Kier molecular flexibility index (Phi) is 10.1. The summed E-state index contributed by atoms with van der Waals surface area (Å²) in [7, 11) is 1.52. The van der Waals surface area contributed by atoms with Gasteiger partial charge in [0.2, 0.25) is 17.7 Å². The van der Waals surface area contributed by atoms with Gasteiger partial charge in [0.25, 0.3) is 0 Å². The predicted molar refractivity (Wildman–Crippen MR) is 195 cm³/mol. The van der Waals surface area contributed by atoms with Crippen LogP contribution in [0.15, 0.2) is 53.9 Å². The lowest BCUT2D eigenvalue weighted by Crippen LogP contribution is -2.47. The second-order valence-corrected chi connectivity index (χ2v) is 14.1. The maximum absolute atomic E-state index is 14.5. The number of aryl methyl sites for hydroxylation is 1. The lowest BCUT2D eigenvalue weighted by molar-refractivity contribution is -0.139. The zero-order chi connectivity index (χ0) is 36.6. The number of hydrogen-bond donors (Lipinski definition) is 2. The van der Waals surface area contributed by atoms with Crippen molar-refractivity contribution in [2.24, 2.45) is 11.3 Å². The largest absolute Gasteiger partial charge is 0.497 e. The number of piperidine rings is 1. The van der Waals surface area contributed by atoms with Gasteiger partial charge in [-0.15, -0.1) is 6.58 Å². The van der Waals surface area contributed by atoms with Crippen molar-refractivity contribution in [3.05, 3.63) is 71.0 Å². The molecule has 4 aromatic rings. The van der Waals surface area contributed by atoms with Crippen LogP contribution in [0.2, 0.25) is 0 Å². The molecule has 3 aromatic heterocycles. The standard InChI is InChI=1S/C37H41BrN8O5/c1-7-9-23-11-24(25-16-39-22(5)40-17-25)12-27-33(21(4)47)44-45(34(23)27)18-32(49)46-28(36(50)43-30-14-26(51-6)13-29(38)42-30)15-37(20(3)35(37)46)19-41-31(48)10-8-2/h7,11-14,16-17,20,28,35H,1,8-10,15,18-19H2,2-6H3,(H,41,48)(H,42,43,50)/t20-,28-,35?,37+/m0/s1. The number of benzene rings is 1. The van der Waals surface area contributed by atoms with Gasteiger partial charge < -0.3 is 20.3 Å². The first-order chi connectivity index (χ1) is 24.4. The number of carbonyl (C=O) groups excluding carboxylic acids is 4. The first kappa shape index (κ1) is 35.8. The number of halogens is 1. The fourth-order valence-electron chi connectivity index (χ4n) is 7.49. The molecule has 1 saturated carbocycles. The van der Waals surface area contributed by atoms with Gasteiger partial charge in [-0.1, -0.05) is 19.9 Å². The minimum Gasteiger partial charge on any atom is -0.497 e. The van der Waals surface area contributed by atoms with E-state index in [9.17, 15) is 19.2 Å². The van der Waals surface area contributed by atoms with Crippen LogP contribution in [-0.4, -0.2) is 78.9 Å². The molecule has 2 fully saturated rings. The summed E-state index contributed by atoms with van der Waals surface area (Å²) in [5.74, 6) is 0.403. The van der Waals surface area contributed by atoms with Crippen molar-refractivity contribution < 1.29 is 23.9 Å². The summed E-state index contributed by atoms with van der Waals surface area (Å²) in [5.41, 5.74) is 2.81. The quantitative estimate of drug-likeness (QED) is 0.108.